The third-order valence-corrected chi connectivity index (χ3v) is 6.56. The Bertz CT molecular complexity index is 932. The lowest BCUT2D eigenvalue weighted by molar-refractivity contribution is -0.151. The summed E-state index contributed by atoms with van der Waals surface area (Å²) in [7, 11) is 1.24. The van der Waals surface area contributed by atoms with Crippen molar-refractivity contribution < 1.29 is 38.1 Å². The van der Waals surface area contributed by atoms with Crippen molar-refractivity contribution in [1.29, 1.82) is 0 Å². The van der Waals surface area contributed by atoms with Crippen molar-refractivity contribution in [3.8, 4) is 11.5 Å². The predicted octanol–water partition coefficient (Wildman–Crippen LogP) is 5.44. The second-order valence-electron chi connectivity index (χ2n) is 10.2. The molecule has 0 aromatic heterocycles. The summed E-state index contributed by atoms with van der Waals surface area (Å²) in [5.74, 6) is -1.45. The first-order valence-corrected chi connectivity index (χ1v) is 14.2. The fourth-order valence-electron chi connectivity index (χ4n) is 3.88. The SMILES string of the molecule is CCCCCC(=O)Oc1ccc(C[C@](N)(CCOC(=O)CC(C)CC)C(=O)OC)cc1OC(=O)CCCCC. The largest absolute Gasteiger partial charge is 0.468 e. The van der Waals surface area contributed by atoms with Crippen LogP contribution in [-0.2, 0) is 35.1 Å². The van der Waals surface area contributed by atoms with Crippen molar-refractivity contribution in [3.05, 3.63) is 23.8 Å². The van der Waals surface area contributed by atoms with E-state index in [0.717, 1.165) is 32.1 Å². The zero-order valence-electron chi connectivity index (χ0n) is 24.3. The lowest BCUT2D eigenvalue weighted by Crippen LogP contribution is -2.51. The number of benzene rings is 1. The smallest absolute Gasteiger partial charge is 0.326 e. The summed E-state index contributed by atoms with van der Waals surface area (Å²) >= 11 is 0. The fourth-order valence-corrected chi connectivity index (χ4v) is 3.88. The highest BCUT2D eigenvalue weighted by atomic mass is 16.6. The van der Waals surface area contributed by atoms with Crippen LogP contribution in [0.15, 0.2) is 18.2 Å². The van der Waals surface area contributed by atoms with Gasteiger partial charge in [-0.25, -0.2) is 0 Å². The highest BCUT2D eigenvalue weighted by Crippen LogP contribution is 2.31. The maximum atomic E-state index is 12.6. The minimum atomic E-state index is -1.49. The number of carbonyl (C=O) groups is 4. The average Bonchev–Trinajstić information content (AvgIpc) is 2.89. The lowest BCUT2D eigenvalue weighted by atomic mass is 9.88. The van der Waals surface area contributed by atoms with E-state index in [2.05, 4.69) is 0 Å². The number of methoxy groups -OCH3 is 1. The molecule has 1 aromatic carbocycles. The molecule has 220 valence electrons. The van der Waals surface area contributed by atoms with E-state index in [1.54, 1.807) is 12.1 Å². The number of rotatable bonds is 19. The molecular formula is C30H47NO8. The van der Waals surface area contributed by atoms with Gasteiger partial charge >= 0.3 is 23.9 Å². The molecule has 1 rings (SSSR count). The standard InChI is InChI=1S/C30H47NO8/c1-6-9-11-13-26(32)38-24-16-15-23(20-25(24)39-27(33)14-12-10-7-2)21-30(31,29(35)36-5)17-18-37-28(34)19-22(4)8-3/h15-16,20,22H,6-14,17-19,21,31H2,1-5H3/t22?,30-/m1/s1. The molecular weight excluding hydrogens is 502 g/mol. The van der Waals surface area contributed by atoms with Crippen LogP contribution < -0.4 is 15.2 Å². The van der Waals surface area contributed by atoms with Crippen LogP contribution in [0.4, 0.5) is 0 Å². The Hall–Kier alpha value is -2.94. The van der Waals surface area contributed by atoms with Crippen LogP contribution in [0.25, 0.3) is 0 Å². The van der Waals surface area contributed by atoms with Crippen LogP contribution in [0.3, 0.4) is 0 Å². The molecule has 39 heavy (non-hydrogen) atoms. The van der Waals surface area contributed by atoms with Crippen LogP contribution in [-0.4, -0.2) is 43.1 Å². The van der Waals surface area contributed by atoms with Crippen molar-refractivity contribution in [2.45, 2.75) is 110 Å². The second kappa shape index (κ2) is 18.4. The van der Waals surface area contributed by atoms with Crippen LogP contribution in [0.5, 0.6) is 11.5 Å². The number of unbranched alkanes of at least 4 members (excludes halogenated alkanes) is 4. The van der Waals surface area contributed by atoms with Crippen LogP contribution in [0.2, 0.25) is 0 Å². The van der Waals surface area contributed by atoms with E-state index >= 15 is 0 Å². The maximum absolute atomic E-state index is 12.6. The Morgan fingerprint density at radius 2 is 1.46 bits per heavy atom. The highest BCUT2D eigenvalue weighted by Gasteiger charge is 2.36. The highest BCUT2D eigenvalue weighted by molar-refractivity contribution is 5.81. The van der Waals surface area contributed by atoms with Gasteiger partial charge in [-0.15, -0.1) is 0 Å². The summed E-state index contributed by atoms with van der Waals surface area (Å²) in [6.07, 6.45) is 6.81. The Labute approximate surface area is 233 Å². The molecule has 2 N–H and O–H groups in total. The molecule has 0 bridgehead atoms. The van der Waals surface area contributed by atoms with Gasteiger partial charge in [0.15, 0.2) is 11.5 Å². The minimum Gasteiger partial charge on any atom is -0.468 e. The Balaban J connectivity index is 3.09. The van der Waals surface area contributed by atoms with Gasteiger partial charge in [-0.05, 0) is 36.5 Å². The van der Waals surface area contributed by atoms with Crippen LogP contribution in [0.1, 0.15) is 104 Å². The summed E-state index contributed by atoms with van der Waals surface area (Å²) in [4.78, 5) is 49.6. The first-order valence-electron chi connectivity index (χ1n) is 14.2. The van der Waals surface area contributed by atoms with Gasteiger partial charge in [-0.2, -0.15) is 0 Å². The van der Waals surface area contributed by atoms with Gasteiger partial charge in [0.2, 0.25) is 0 Å². The molecule has 0 saturated carbocycles. The zero-order valence-corrected chi connectivity index (χ0v) is 24.3. The topological polar surface area (TPSA) is 131 Å². The van der Waals surface area contributed by atoms with E-state index in [-0.39, 0.29) is 62.1 Å². The maximum Gasteiger partial charge on any atom is 0.326 e. The molecule has 1 unspecified atom stereocenters. The van der Waals surface area contributed by atoms with Crippen LogP contribution >= 0.6 is 0 Å². The third-order valence-electron chi connectivity index (χ3n) is 6.56. The summed E-state index contributed by atoms with van der Waals surface area (Å²) in [6.45, 7) is 7.99. The summed E-state index contributed by atoms with van der Waals surface area (Å²) in [5, 5.41) is 0. The Morgan fingerprint density at radius 3 is 2.00 bits per heavy atom. The van der Waals surface area contributed by atoms with Crippen molar-refractivity contribution >= 4 is 23.9 Å². The number of nitrogens with two attached hydrogens (primary N) is 1. The van der Waals surface area contributed by atoms with Crippen molar-refractivity contribution in [1.82, 2.24) is 0 Å². The first-order chi connectivity index (χ1) is 18.6. The van der Waals surface area contributed by atoms with Crippen molar-refractivity contribution in [2.24, 2.45) is 11.7 Å². The number of carbonyl (C=O) groups excluding carboxylic acids is 4. The van der Waals surface area contributed by atoms with Gasteiger partial charge in [0.05, 0.1) is 13.7 Å². The van der Waals surface area contributed by atoms with E-state index < -0.39 is 23.4 Å². The predicted molar refractivity (Wildman–Crippen MR) is 148 cm³/mol. The van der Waals surface area contributed by atoms with Gasteiger partial charge in [0.25, 0.3) is 0 Å². The molecule has 0 saturated heterocycles. The molecule has 0 amide bonds. The molecule has 0 aliphatic carbocycles. The van der Waals surface area contributed by atoms with Crippen LogP contribution in [0, 0.1) is 5.92 Å². The molecule has 9 heteroatoms. The van der Waals surface area contributed by atoms with E-state index in [0.29, 0.717) is 18.4 Å². The average molecular weight is 550 g/mol. The number of hydrogen-bond donors (Lipinski definition) is 1. The van der Waals surface area contributed by atoms with E-state index in [4.69, 9.17) is 24.7 Å². The molecule has 9 nitrogen and oxygen atoms in total. The monoisotopic (exact) mass is 549 g/mol. The second-order valence-corrected chi connectivity index (χ2v) is 10.2. The number of esters is 4. The van der Waals surface area contributed by atoms with Crippen molar-refractivity contribution in [3.63, 3.8) is 0 Å². The normalized spacial score (nSPS) is 13.2. The van der Waals surface area contributed by atoms with Gasteiger partial charge in [-0.1, -0.05) is 65.9 Å². The molecule has 0 aliphatic heterocycles. The van der Waals surface area contributed by atoms with Crippen molar-refractivity contribution in [2.75, 3.05) is 13.7 Å². The first kappa shape index (κ1) is 34.1. The van der Waals surface area contributed by atoms with Gasteiger partial charge < -0.3 is 24.7 Å². The molecule has 2 atom stereocenters. The molecule has 0 radical (unpaired) electrons. The van der Waals surface area contributed by atoms with Gasteiger partial charge in [-0.3, -0.25) is 19.2 Å². The van der Waals surface area contributed by atoms with Gasteiger partial charge in [0, 0.05) is 32.1 Å². The summed E-state index contributed by atoms with van der Waals surface area (Å²) < 4.78 is 21.3. The van der Waals surface area contributed by atoms with E-state index in [1.165, 1.54) is 13.2 Å². The Morgan fingerprint density at radius 1 is 0.872 bits per heavy atom. The Kier molecular flexibility index (Phi) is 16.1. The molecule has 0 spiro atoms. The van der Waals surface area contributed by atoms with E-state index in [1.807, 2.05) is 27.7 Å². The molecule has 1 aromatic rings. The minimum absolute atomic E-state index is 0.0215. The zero-order chi connectivity index (χ0) is 29.3. The molecule has 0 fully saturated rings. The molecule has 0 aliphatic rings. The quantitative estimate of drug-likeness (QED) is 0.136. The molecule has 0 heterocycles. The van der Waals surface area contributed by atoms with E-state index in [9.17, 15) is 19.2 Å². The third kappa shape index (κ3) is 13.1. The fraction of sp³-hybridized carbons (Fsp3) is 0.667. The summed E-state index contributed by atoms with van der Waals surface area (Å²) in [6, 6.07) is 4.74. The van der Waals surface area contributed by atoms with Gasteiger partial charge in [0.1, 0.15) is 5.54 Å². The number of hydrogen-bond acceptors (Lipinski definition) is 9. The summed E-state index contributed by atoms with van der Waals surface area (Å²) in [5.41, 5.74) is 5.53. The lowest BCUT2D eigenvalue weighted by Gasteiger charge is -2.27. The number of ether oxygens (including phenoxy) is 4.